The summed E-state index contributed by atoms with van der Waals surface area (Å²) in [6, 6.07) is 0. The molecule has 0 aromatic heterocycles. The monoisotopic (exact) mass is 395 g/mol. The van der Waals surface area contributed by atoms with E-state index in [0.29, 0.717) is 6.42 Å². The molecule has 0 aliphatic carbocycles. The van der Waals surface area contributed by atoms with Crippen LogP contribution in [0, 0.1) is 11.8 Å². The maximum atomic E-state index is 11.8. The minimum Gasteiger partial charge on any atom is -0.345 e. The molecule has 0 saturated heterocycles. The van der Waals surface area contributed by atoms with Gasteiger partial charge in [-0.05, 0) is 19.3 Å². The SMILES string of the molecule is CCCCCCCCCCC#CCCCCCCCCC(=O)N(C)CCS. The molecule has 0 fully saturated rings. The van der Waals surface area contributed by atoms with Gasteiger partial charge in [0.15, 0.2) is 0 Å². The Bertz CT molecular complexity index is 386. The third-order valence-corrected chi connectivity index (χ3v) is 5.28. The van der Waals surface area contributed by atoms with Gasteiger partial charge in [0.05, 0.1) is 0 Å². The fourth-order valence-corrected chi connectivity index (χ4v) is 3.49. The summed E-state index contributed by atoms with van der Waals surface area (Å²) in [4.78, 5) is 13.6. The van der Waals surface area contributed by atoms with E-state index in [1.807, 2.05) is 7.05 Å². The number of amides is 1. The Morgan fingerprint density at radius 2 is 1.19 bits per heavy atom. The van der Waals surface area contributed by atoms with E-state index in [4.69, 9.17) is 0 Å². The van der Waals surface area contributed by atoms with Crippen LogP contribution in [0.1, 0.15) is 116 Å². The fourth-order valence-electron chi connectivity index (χ4n) is 3.19. The first kappa shape index (κ1) is 26.4. The Morgan fingerprint density at radius 1 is 0.741 bits per heavy atom. The Labute approximate surface area is 175 Å². The maximum Gasteiger partial charge on any atom is 0.222 e. The van der Waals surface area contributed by atoms with E-state index in [1.165, 1.54) is 83.5 Å². The predicted octanol–water partition coefficient (Wildman–Crippen LogP) is 7.03. The molecule has 158 valence electrons. The van der Waals surface area contributed by atoms with Crippen LogP contribution in [0.15, 0.2) is 0 Å². The zero-order chi connectivity index (χ0) is 20.0. The summed E-state index contributed by atoms with van der Waals surface area (Å²) < 4.78 is 0. The molecule has 0 bridgehead atoms. The van der Waals surface area contributed by atoms with Crippen LogP contribution >= 0.6 is 12.6 Å². The van der Waals surface area contributed by atoms with Crippen molar-refractivity contribution in [2.45, 2.75) is 116 Å². The van der Waals surface area contributed by atoms with Gasteiger partial charge in [0.1, 0.15) is 0 Å². The smallest absolute Gasteiger partial charge is 0.222 e. The average molecular weight is 396 g/mol. The minimum absolute atomic E-state index is 0.260. The van der Waals surface area contributed by atoms with E-state index in [0.717, 1.165) is 31.6 Å². The highest BCUT2D eigenvalue weighted by molar-refractivity contribution is 7.80. The first-order valence-corrected chi connectivity index (χ1v) is 12.2. The zero-order valence-electron chi connectivity index (χ0n) is 18.2. The predicted molar refractivity (Wildman–Crippen MR) is 123 cm³/mol. The molecule has 0 aromatic carbocycles. The normalized spacial score (nSPS) is 10.5. The molecule has 3 heteroatoms. The number of unbranched alkanes of at least 4 members (excludes halogenated alkanes) is 14. The lowest BCUT2D eigenvalue weighted by molar-refractivity contribution is -0.129. The van der Waals surface area contributed by atoms with Crippen molar-refractivity contribution in [3.8, 4) is 11.8 Å². The molecule has 0 spiro atoms. The van der Waals surface area contributed by atoms with E-state index in [9.17, 15) is 4.79 Å². The maximum absolute atomic E-state index is 11.8. The molecule has 0 rings (SSSR count). The number of nitrogens with zero attached hydrogens (tertiary/aromatic N) is 1. The Kier molecular flexibility index (Phi) is 21.2. The standard InChI is InChI=1S/C24H45NOS/c1-3-4-5-6-7-8-9-10-11-12-13-14-15-16-17-18-19-20-21-24(26)25(2)22-23-27/h27H,3-11,14-23H2,1-2H3. The summed E-state index contributed by atoms with van der Waals surface area (Å²) in [5.74, 6) is 7.68. The lowest BCUT2D eigenvalue weighted by Gasteiger charge is -2.15. The highest BCUT2D eigenvalue weighted by atomic mass is 32.1. The molecule has 0 saturated carbocycles. The number of carbonyl (C=O) groups is 1. The van der Waals surface area contributed by atoms with E-state index in [1.54, 1.807) is 4.90 Å². The Morgan fingerprint density at radius 3 is 1.67 bits per heavy atom. The van der Waals surface area contributed by atoms with Gasteiger partial charge in [0.2, 0.25) is 5.91 Å². The number of carbonyl (C=O) groups excluding carboxylic acids is 1. The molecule has 0 radical (unpaired) electrons. The topological polar surface area (TPSA) is 20.3 Å². The van der Waals surface area contributed by atoms with E-state index >= 15 is 0 Å². The second kappa shape index (κ2) is 21.7. The fraction of sp³-hybridized carbons (Fsp3) is 0.875. The zero-order valence-corrected chi connectivity index (χ0v) is 19.1. The summed E-state index contributed by atoms with van der Waals surface area (Å²) >= 11 is 4.16. The molecule has 0 atom stereocenters. The number of hydrogen-bond acceptors (Lipinski definition) is 2. The molecular weight excluding hydrogens is 350 g/mol. The van der Waals surface area contributed by atoms with Crippen molar-refractivity contribution in [1.82, 2.24) is 4.90 Å². The van der Waals surface area contributed by atoms with Gasteiger partial charge >= 0.3 is 0 Å². The van der Waals surface area contributed by atoms with Gasteiger partial charge in [-0.3, -0.25) is 4.79 Å². The second-order valence-electron chi connectivity index (χ2n) is 7.74. The van der Waals surface area contributed by atoms with Crippen LogP contribution < -0.4 is 0 Å². The summed E-state index contributed by atoms with van der Waals surface area (Å²) in [5, 5.41) is 0. The third-order valence-electron chi connectivity index (χ3n) is 5.08. The molecule has 0 unspecified atom stereocenters. The van der Waals surface area contributed by atoms with Gasteiger partial charge < -0.3 is 4.90 Å². The third kappa shape index (κ3) is 19.9. The van der Waals surface area contributed by atoms with Crippen molar-refractivity contribution < 1.29 is 4.79 Å². The molecule has 0 aliphatic heterocycles. The van der Waals surface area contributed by atoms with Crippen LogP contribution in [0.2, 0.25) is 0 Å². The summed E-state index contributed by atoms with van der Waals surface area (Å²) in [5.41, 5.74) is 0. The summed E-state index contributed by atoms with van der Waals surface area (Å²) in [6.07, 6.45) is 21.1. The quantitative estimate of drug-likeness (QED) is 0.150. The first-order chi connectivity index (χ1) is 13.2. The van der Waals surface area contributed by atoms with Crippen LogP contribution in [0.25, 0.3) is 0 Å². The largest absolute Gasteiger partial charge is 0.345 e. The van der Waals surface area contributed by atoms with E-state index in [2.05, 4.69) is 31.4 Å². The molecule has 0 N–H and O–H groups in total. The van der Waals surface area contributed by atoms with Crippen LogP contribution in [-0.2, 0) is 4.79 Å². The van der Waals surface area contributed by atoms with Crippen LogP contribution in [-0.4, -0.2) is 30.2 Å². The average Bonchev–Trinajstić information content (AvgIpc) is 2.67. The summed E-state index contributed by atoms with van der Waals surface area (Å²) in [7, 11) is 1.87. The van der Waals surface area contributed by atoms with Gasteiger partial charge in [-0.15, -0.1) is 11.8 Å². The van der Waals surface area contributed by atoms with Crippen molar-refractivity contribution in [2.24, 2.45) is 0 Å². The number of hydrogen-bond donors (Lipinski definition) is 1. The molecule has 0 aliphatic rings. The highest BCUT2D eigenvalue weighted by Gasteiger charge is 2.06. The molecule has 27 heavy (non-hydrogen) atoms. The number of rotatable bonds is 18. The van der Waals surface area contributed by atoms with Gasteiger partial charge in [0.25, 0.3) is 0 Å². The molecule has 2 nitrogen and oxygen atoms in total. The number of thiol groups is 1. The van der Waals surface area contributed by atoms with Crippen molar-refractivity contribution in [3.05, 3.63) is 0 Å². The molecule has 0 aromatic rings. The second-order valence-corrected chi connectivity index (χ2v) is 8.19. The highest BCUT2D eigenvalue weighted by Crippen LogP contribution is 2.10. The Balaban J connectivity index is 3.25. The lowest BCUT2D eigenvalue weighted by Crippen LogP contribution is -2.28. The van der Waals surface area contributed by atoms with Crippen LogP contribution in [0.4, 0.5) is 0 Å². The first-order valence-electron chi connectivity index (χ1n) is 11.5. The molecule has 0 heterocycles. The van der Waals surface area contributed by atoms with Crippen LogP contribution in [0.5, 0.6) is 0 Å². The van der Waals surface area contributed by atoms with Crippen LogP contribution in [0.3, 0.4) is 0 Å². The Hall–Kier alpha value is -0.620. The van der Waals surface area contributed by atoms with Gasteiger partial charge in [-0.25, -0.2) is 0 Å². The van der Waals surface area contributed by atoms with E-state index < -0.39 is 0 Å². The van der Waals surface area contributed by atoms with Crippen molar-refractivity contribution in [1.29, 1.82) is 0 Å². The molecular formula is C24H45NOS. The van der Waals surface area contributed by atoms with Crippen molar-refractivity contribution in [2.75, 3.05) is 19.3 Å². The summed E-state index contributed by atoms with van der Waals surface area (Å²) in [6.45, 7) is 3.03. The molecule has 1 amide bonds. The van der Waals surface area contributed by atoms with Gasteiger partial charge in [-0.2, -0.15) is 12.6 Å². The van der Waals surface area contributed by atoms with Gasteiger partial charge in [0, 0.05) is 38.6 Å². The lowest BCUT2D eigenvalue weighted by atomic mass is 10.1. The van der Waals surface area contributed by atoms with Gasteiger partial charge in [-0.1, -0.05) is 77.6 Å². The van der Waals surface area contributed by atoms with E-state index in [-0.39, 0.29) is 5.91 Å². The van der Waals surface area contributed by atoms with Crippen molar-refractivity contribution >= 4 is 18.5 Å². The van der Waals surface area contributed by atoms with Crippen molar-refractivity contribution in [3.63, 3.8) is 0 Å². The minimum atomic E-state index is 0.260.